The smallest absolute Gasteiger partial charge is 0.223 e. The van der Waals surface area contributed by atoms with E-state index in [9.17, 15) is 4.79 Å². The highest BCUT2D eigenvalue weighted by Crippen LogP contribution is 2.06. The second kappa shape index (κ2) is 10.6. The first-order valence-corrected chi connectivity index (χ1v) is 7.01. The van der Waals surface area contributed by atoms with Gasteiger partial charge in [-0.25, -0.2) is 0 Å². The summed E-state index contributed by atoms with van der Waals surface area (Å²) in [5, 5.41) is 3.41. The Hall–Kier alpha value is -0.570. The fraction of sp³-hybridized carbons (Fsp3) is 0.929. The largest absolute Gasteiger partial charge is 0.349 e. The Labute approximate surface area is 107 Å². The predicted octanol–water partition coefficient (Wildman–Crippen LogP) is 2.80. The molecule has 0 fully saturated rings. The van der Waals surface area contributed by atoms with Crippen LogP contribution in [0.3, 0.4) is 0 Å². The monoisotopic (exact) mass is 242 g/mol. The van der Waals surface area contributed by atoms with E-state index in [2.05, 4.69) is 19.2 Å². The number of amides is 1. The number of hydrogen-bond donors (Lipinski definition) is 1. The number of nitrogens with one attached hydrogen (secondary N) is 1. The van der Waals surface area contributed by atoms with Gasteiger partial charge in [-0.05, 0) is 13.3 Å². The van der Waals surface area contributed by atoms with E-state index in [0.29, 0.717) is 12.5 Å². The number of unbranched alkanes of at least 4 members (excludes halogenated alkanes) is 4. The minimum absolute atomic E-state index is 0.202. The van der Waals surface area contributed by atoms with Gasteiger partial charge in [-0.1, -0.05) is 39.0 Å². The fourth-order valence-corrected chi connectivity index (χ4v) is 1.81. The van der Waals surface area contributed by atoms with Crippen molar-refractivity contribution in [2.75, 3.05) is 20.6 Å². The predicted molar refractivity (Wildman–Crippen MR) is 74.2 cm³/mol. The highest BCUT2D eigenvalue weighted by Gasteiger charge is 2.05. The first kappa shape index (κ1) is 16.4. The Bertz CT molecular complexity index is 193. The number of rotatable bonds is 10. The van der Waals surface area contributed by atoms with E-state index in [1.54, 1.807) is 19.0 Å². The summed E-state index contributed by atoms with van der Waals surface area (Å²) < 4.78 is 0. The van der Waals surface area contributed by atoms with Gasteiger partial charge in [0.05, 0.1) is 0 Å². The summed E-state index contributed by atoms with van der Waals surface area (Å²) in [7, 11) is 3.61. The van der Waals surface area contributed by atoms with E-state index in [-0.39, 0.29) is 5.91 Å². The highest BCUT2D eigenvalue weighted by molar-refractivity contribution is 5.75. The van der Waals surface area contributed by atoms with Gasteiger partial charge in [0.15, 0.2) is 0 Å². The number of nitrogens with zero attached hydrogens (tertiary/aromatic N) is 1. The van der Waals surface area contributed by atoms with Crippen LogP contribution in [-0.2, 0) is 4.79 Å². The van der Waals surface area contributed by atoms with Crippen LogP contribution in [0.25, 0.3) is 0 Å². The topological polar surface area (TPSA) is 32.3 Å². The second-order valence-corrected chi connectivity index (χ2v) is 5.10. The molecule has 1 N–H and O–H groups in total. The Morgan fingerprint density at radius 2 is 1.82 bits per heavy atom. The average molecular weight is 242 g/mol. The van der Waals surface area contributed by atoms with E-state index in [1.807, 2.05) is 0 Å². The maximum atomic E-state index is 11.3. The molecule has 0 radical (unpaired) electrons. The summed E-state index contributed by atoms with van der Waals surface area (Å²) in [6, 6.07) is 0.534. The van der Waals surface area contributed by atoms with E-state index in [4.69, 9.17) is 0 Å². The Morgan fingerprint density at radius 1 is 1.18 bits per heavy atom. The lowest BCUT2D eigenvalue weighted by Gasteiger charge is -2.15. The van der Waals surface area contributed by atoms with Gasteiger partial charge < -0.3 is 10.2 Å². The summed E-state index contributed by atoms with van der Waals surface area (Å²) in [4.78, 5) is 13.0. The maximum Gasteiger partial charge on any atom is 0.223 e. The van der Waals surface area contributed by atoms with Crippen molar-refractivity contribution in [3.63, 3.8) is 0 Å². The molecule has 0 aromatic carbocycles. The normalized spacial score (nSPS) is 12.5. The van der Waals surface area contributed by atoms with Crippen molar-refractivity contribution >= 4 is 5.91 Å². The summed E-state index contributed by atoms with van der Waals surface area (Å²) >= 11 is 0. The maximum absolute atomic E-state index is 11.3. The van der Waals surface area contributed by atoms with Crippen molar-refractivity contribution in [1.82, 2.24) is 10.2 Å². The molecule has 0 bridgehead atoms. The van der Waals surface area contributed by atoms with Crippen molar-refractivity contribution in [2.45, 2.75) is 64.8 Å². The molecule has 0 aromatic heterocycles. The van der Waals surface area contributed by atoms with Crippen molar-refractivity contribution < 1.29 is 4.79 Å². The van der Waals surface area contributed by atoms with Gasteiger partial charge in [-0.2, -0.15) is 0 Å². The van der Waals surface area contributed by atoms with Crippen LogP contribution >= 0.6 is 0 Å². The van der Waals surface area contributed by atoms with Gasteiger partial charge in [0, 0.05) is 33.1 Å². The zero-order chi connectivity index (χ0) is 13.1. The molecule has 0 aliphatic carbocycles. The van der Waals surface area contributed by atoms with Crippen LogP contribution in [0.4, 0.5) is 0 Å². The van der Waals surface area contributed by atoms with Crippen LogP contribution < -0.4 is 5.32 Å². The third-order valence-corrected chi connectivity index (χ3v) is 3.07. The molecular formula is C14H30N2O. The van der Waals surface area contributed by atoms with Gasteiger partial charge in [-0.15, -0.1) is 0 Å². The van der Waals surface area contributed by atoms with Gasteiger partial charge in [0.2, 0.25) is 5.91 Å². The van der Waals surface area contributed by atoms with Gasteiger partial charge in [0.25, 0.3) is 0 Å². The first-order chi connectivity index (χ1) is 8.07. The zero-order valence-corrected chi connectivity index (χ0v) is 12.1. The van der Waals surface area contributed by atoms with Crippen LogP contribution in [-0.4, -0.2) is 37.5 Å². The molecule has 0 aliphatic rings. The summed E-state index contributed by atoms with van der Waals surface area (Å²) in [5.74, 6) is 0.202. The van der Waals surface area contributed by atoms with E-state index in [0.717, 1.165) is 6.54 Å². The Balaban J connectivity index is 3.34. The van der Waals surface area contributed by atoms with Gasteiger partial charge in [0.1, 0.15) is 0 Å². The van der Waals surface area contributed by atoms with E-state index in [1.165, 1.54) is 38.5 Å². The molecule has 0 rings (SSSR count). The van der Waals surface area contributed by atoms with Crippen LogP contribution in [0.1, 0.15) is 58.8 Å². The van der Waals surface area contributed by atoms with Crippen LogP contribution in [0.2, 0.25) is 0 Å². The third kappa shape index (κ3) is 10.3. The summed E-state index contributed by atoms with van der Waals surface area (Å²) in [5.41, 5.74) is 0. The molecule has 102 valence electrons. The third-order valence-electron chi connectivity index (χ3n) is 3.07. The van der Waals surface area contributed by atoms with Crippen molar-refractivity contribution in [3.8, 4) is 0 Å². The summed E-state index contributed by atoms with van der Waals surface area (Å²) in [6.07, 6.45) is 8.50. The summed E-state index contributed by atoms with van der Waals surface area (Å²) in [6.45, 7) is 5.25. The van der Waals surface area contributed by atoms with Crippen LogP contribution in [0.15, 0.2) is 0 Å². The molecule has 1 amide bonds. The molecule has 0 saturated heterocycles. The standard InChI is InChI=1S/C14H30N2O/c1-5-6-7-8-9-10-13(2)15-12-11-14(17)16(3)4/h13,15H,5-12H2,1-4H3. The molecule has 0 aliphatic heterocycles. The molecule has 17 heavy (non-hydrogen) atoms. The Morgan fingerprint density at radius 3 is 2.41 bits per heavy atom. The van der Waals surface area contributed by atoms with Crippen LogP contribution in [0, 0.1) is 0 Å². The van der Waals surface area contributed by atoms with Crippen molar-refractivity contribution in [2.24, 2.45) is 0 Å². The molecule has 0 heterocycles. The fourth-order valence-electron chi connectivity index (χ4n) is 1.81. The molecule has 1 unspecified atom stereocenters. The van der Waals surface area contributed by atoms with Gasteiger partial charge in [-0.3, -0.25) is 4.79 Å². The number of hydrogen-bond acceptors (Lipinski definition) is 2. The van der Waals surface area contributed by atoms with E-state index < -0.39 is 0 Å². The average Bonchev–Trinajstić information content (AvgIpc) is 2.28. The Kier molecular flexibility index (Phi) is 10.2. The molecule has 0 saturated carbocycles. The lowest BCUT2D eigenvalue weighted by atomic mass is 10.1. The van der Waals surface area contributed by atoms with Crippen molar-refractivity contribution in [1.29, 1.82) is 0 Å². The highest BCUT2D eigenvalue weighted by atomic mass is 16.2. The molecule has 1 atom stereocenters. The molecule has 3 heteroatoms. The number of carbonyl (C=O) groups excluding carboxylic acids is 1. The molecular weight excluding hydrogens is 212 g/mol. The lowest BCUT2D eigenvalue weighted by molar-refractivity contribution is -0.128. The lowest BCUT2D eigenvalue weighted by Crippen LogP contribution is -2.31. The molecule has 3 nitrogen and oxygen atoms in total. The molecule has 0 spiro atoms. The minimum atomic E-state index is 0.202. The van der Waals surface area contributed by atoms with Crippen LogP contribution in [0.5, 0.6) is 0 Å². The first-order valence-electron chi connectivity index (χ1n) is 7.01. The zero-order valence-electron chi connectivity index (χ0n) is 12.1. The minimum Gasteiger partial charge on any atom is -0.349 e. The molecule has 0 aromatic rings. The number of carbonyl (C=O) groups is 1. The van der Waals surface area contributed by atoms with Gasteiger partial charge >= 0.3 is 0 Å². The van der Waals surface area contributed by atoms with Crippen molar-refractivity contribution in [3.05, 3.63) is 0 Å². The van der Waals surface area contributed by atoms with E-state index >= 15 is 0 Å². The quantitative estimate of drug-likeness (QED) is 0.597. The second-order valence-electron chi connectivity index (χ2n) is 5.10. The SMILES string of the molecule is CCCCCCCC(C)NCCC(=O)N(C)C.